The number of aliphatic hydroxyl groups is 1. The number of allylic oxidation sites excluding steroid dienone is 1. The molecule has 32 heavy (non-hydrogen) atoms. The fourth-order valence-electron chi connectivity index (χ4n) is 11.2. The largest absolute Gasteiger partial charge is 0.393 e. The van der Waals surface area contributed by atoms with Crippen molar-refractivity contribution in [2.45, 2.75) is 125 Å². The third-order valence-electron chi connectivity index (χ3n) is 13.0. The SMILES string of the molecule is CC1(C)CCC2(C)CC=C3C4(C)CCC5C(C)(C)C(O)CCC5(C)C4C4OC4C3(C)C2C1. The van der Waals surface area contributed by atoms with Crippen molar-refractivity contribution < 1.29 is 9.84 Å². The molecule has 1 heterocycles. The van der Waals surface area contributed by atoms with E-state index in [9.17, 15) is 5.11 Å². The highest BCUT2D eigenvalue weighted by molar-refractivity contribution is 5.40. The van der Waals surface area contributed by atoms with Crippen molar-refractivity contribution in [3.05, 3.63) is 11.6 Å². The average molecular weight is 441 g/mol. The molecule has 0 spiro atoms. The lowest BCUT2D eigenvalue weighted by atomic mass is 9.35. The average Bonchev–Trinajstić information content (AvgIpc) is 3.47. The van der Waals surface area contributed by atoms with Gasteiger partial charge in [0.15, 0.2) is 0 Å². The standard InChI is InChI=1S/C30H48O2/c1-25(2)15-16-27(5)12-9-19-29(7)13-10-18-26(3,4)21(31)11-14-28(18,6)23(29)22-24(32-22)30(19,8)20(27)17-25/h9,18,20-24,31H,10-17H2,1-8H3. The molecule has 10 atom stereocenters. The van der Waals surface area contributed by atoms with Crippen molar-refractivity contribution in [1.29, 1.82) is 0 Å². The highest BCUT2D eigenvalue weighted by atomic mass is 16.6. The molecule has 4 saturated carbocycles. The lowest BCUT2D eigenvalue weighted by molar-refractivity contribution is -0.178. The molecular formula is C30H48O2. The molecule has 0 bridgehead atoms. The van der Waals surface area contributed by atoms with Crippen LogP contribution < -0.4 is 0 Å². The van der Waals surface area contributed by atoms with Crippen LogP contribution in [0.2, 0.25) is 0 Å². The molecule has 0 amide bonds. The number of aliphatic hydroxyl groups excluding tert-OH is 1. The highest BCUT2D eigenvalue weighted by Gasteiger charge is 2.77. The molecule has 5 fully saturated rings. The van der Waals surface area contributed by atoms with E-state index in [-0.39, 0.29) is 27.8 Å². The predicted octanol–water partition coefficient (Wildman–Crippen LogP) is 7.16. The Balaban J connectivity index is 1.46. The Labute approximate surface area is 197 Å². The second-order valence-corrected chi connectivity index (χ2v) is 15.6. The Morgan fingerprint density at radius 2 is 1.59 bits per heavy atom. The third-order valence-corrected chi connectivity index (χ3v) is 13.0. The van der Waals surface area contributed by atoms with Crippen LogP contribution in [0.5, 0.6) is 0 Å². The van der Waals surface area contributed by atoms with E-state index in [1.165, 1.54) is 38.5 Å². The van der Waals surface area contributed by atoms with E-state index in [4.69, 9.17) is 4.74 Å². The van der Waals surface area contributed by atoms with Gasteiger partial charge in [-0.3, -0.25) is 0 Å². The molecule has 5 aliphatic carbocycles. The normalized spacial score (nSPS) is 59.5. The summed E-state index contributed by atoms with van der Waals surface area (Å²) in [6, 6.07) is 0. The van der Waals surface area contributed by atoms with E-state index in [0.29, 0.717) is 34.9 Å². The van der Waals surface area contributed by atoms with Crippen molar-refractivity contribution in [1.82, 2.24) is 0 Å². The Morgan fingerprint density at radius 3 is 2.31 bits per heavy atom. The van der Waals surface area contributed by atoms with Gasteiger partial charge >= 0.3 is 0 Å². The van der Waals surface area contributed by atoms with Gasteiger partial charge < -0.3 is 9.84 Å². The molecule has 2 heteroatoms. The summed E-state index contributed by atoms with van der Waals surface area (Å²) in [6.45, 7) is 20.1. The van der Waals surface area contributed by atoms with Crippen molar-refractivity contribution in [3.63, 3.8) is 0 Å². The van der Waals surface area contributed by atoms with E-state index in [1.54, 1.807) is 5.57 Å². The molecule has 6 rings (SSSR count). The minimum Gasteiger partial charge on any atom is -0.393 e. The summed E-state index contributed by atoms with van der Waals surface area (Å²) in [4.78, 5) is 0. The molecule has 1 N–H and O–H groups in total. The first-order chi connectivity index (χ1) is 14.7. The number of epoxide rings is 1. The molecule has 0 radical (unpaired) electrons. The van der Waals surface area contributed by atoms with Gasteiger partial charge in [-0.25, -0.2) is 0 Å². The van der Waals surface area contributed by atoms with E-state index in [2.05, 4.69) is 61.5 Å². The van der Waals surface area contributed by atoms with Gasteiger partial charge in [0.05, 0.1) is 18.3 Å². The van der Waals surface area contributed by atoms with Gasteiger partial charge in [0.2, 0.25) is 0 Å². The zero-order chi connectivity index (χ0) is 23.1. The Morgan fingerprint density at radius 1 is 0.875 bits per heavy atom. The lowest BCUT2D eigenvalue weighted by Crippen LogP contribution is -2.65. The maximum absolute atomic E-state index is 10.9. The first kappa shape index (κ1) is 22.1. The van der Waals surface area contributed by atoms with Crippen molar-refractivity contribution >= 4 is 0 Å². The zero-order valence-electron chi connectivity index (χ0n) is 22.1. The molecule has 10 unspecified atom stereocenters. The summed E-state index contributed by atoms with van der Waals surface area (Å²) in [5.41, 5.74) is 3.40. The van der Waals surface area contributed by atoms with Crippen LogP contribution in [0.4, 0.5) is 0 Å². The van der Waals surface area contributed by atoms with Gasteiger partial charge in [-0.2, -0.15) is 0 Å². The number of ether oxygens (including phenoxy) is 1. The monoisotopic (exact) mass is 440 g/mol. The highest BCUT2D eigenvalue weighted by Crippen LogP contribution is 2.78. The molecule has 0 aromatic heterocycles. The van der Waals surface area contributed by atoms with Gasteiger partial charge in [0, 0.05) is 11.3 Å². The molecule has 0 aromatic rings. The van der Waals surface area contributed by atoms with Crippen LogP contribution in [-0.4, -0.2) is 23.4 Å². The number of hydrogen-bond donors (Lipinski definition) is 1. The van der Waals surface area contributed by atoms with Crippen LogP contribution in [0.25, 0.3) is 0 Å². The van der Waals surface area contributed by atoms with Crippen LogP contribution in [0, 0.1) is 50.2 Å². The first-order valence-corrected chi connectivity index (χ1v) is 13.7. The van der Waals surface area contributed by atoms with E-state index >= 15 is 0 Å². The van der Waals surface area contributed by atoms with Gasteiger partial charge in [0.25, 0.3) is 0 Å². The Hall–Kier alpha value is -0.340. The molecule has 0 aromatic carbocycles. The molecule has 1 aliphatic heterocycles. The summed E-state index contributed by atoms with van der Waals surface area (Å²) in [6.07, 6.45) is 13.4. The van der Waals surface area contributed by atoms with Crippen LogP contribution >= 0.6 is 0 Å². The predicted molar refractivity (Wildman–Crippen MR) is 130 cm³/mol. The summed E-state index contributed by atoms with van der Waals surface area (Å²) < 4.78 is 6.85. The smallest absolute Gasteiger partial charge is 0.0938 e. The maximum atomic E-state index is 10.9. The van der Waals surface area contributed by atoms with E-state index in [1.807, 2.05) is 0 Å². The van der Waals surface area contributed by atoms with Crippen molar-refractivity contribution in [2.75, 3.05) is 0 Å². The molecular weight excluding hydrogens is 392 g/mol. The fourth-order valence-corrected chi connectivity index (χ4v) is 11.2. The van der Waals surface area contributed by atoms with Crippen molar-refractivity contribution in [2.24, 2.45) is 50.2 Å². The third kappa shape index (κ3) is 2.45. The Bertz CT molecular complexity index is 870. The van der Waals surface area contributed by atoms with Gasteiger partial charge in [-0.1, -0.05) is 67.0 Å². The van der Waals surface area contributed by atoms with E-state index < -0.39 is 0 Å². The topological polar surface area (TPSA) is 32.8 Å². The minimum atomic E-state index is -0.159. The minimum absolute atomic E-state index is 0.00633. The molecule has 2 nitrogen and oxygen atoms in total. The van der Waals surface area contributed by atoms with Crippen LogP contribution in [-0.2, 0) is 4.74 Å². The second kappa shape index (κ2) is 6.07. The second-order valence-electron chi connectivity index (χ2n) is 15.6. The zero-order valence-corrected chi connectivity index (χ0v) is 22.1. The Kier molecular flexibility index (Phi) is 4.20. The van der Waals surface area contributed by atoms with Crippen LogP contribution in [0.15, 0.2) is 11.6 Å². The summed E-state index contributed by atoms with van der Waals surface area (Å²) in [7, 11) is 0. The van der Waals surface area contributed by atoms with Gasteiger partial charge in [-0.15, -0.1) is 0 Å². The van der Waals surface area contributed by atoms with Crippen LogP contribution in [0.1, 0.15) is 107 Å². The van der Waals surface area contributed by atoms with E-state index in [0.717, 1.165) is 18.8 Å². The first-order valence-electron chi connectivity index (χ1n) is 13.7. The van der Waals surface area contributed by atoms with Crippen LogP contribution in [0.3, 0.4) is 0 Å². The van der Waals surface area contributed by atoms with Gasteiger partial charge in [-0.05, 0) is 90.3 Å². The number of fused-ring (bicyclic) bond motifs is 10. The lowest BCUT2D eigenvalue weighted by Gasteiger charge is -2.69. The summed E-state index contributed by atoms with van der Waals surface area (Å²) >= 11 is 0. The molecule has 1 saturated heterocycles. The fraction of sp³-hybridized carbons (Fsp3) is 0.933. The molecule has 6 aliphatic rings. The number of hydrogen-bond acceptors (Lipinski definition) is 2. The summed E-state index contributed by atoms with van der Waals surface area (Å²) in [5.74, 6) is 1.93. The summed E-state index contributed by atoms with van der Waals surface area (Å²) in [5, 5.41) is 10.9. The van der Waals surface area contributed by atoms with Crippen molar-refractivity contribution in [3.8, 4) is 0 Å². The number of rotatable bonds is 0. The van der Waals surface area contributed by atoms with Gasteiger partial charge in [0.1, 0.15) is 0 Å². The molecule has 180 valence electrons. The maximum Gasteiger partial charge on any atom is 0.0938 e. The quantitative estimate of drug-likeness (QED) is 0.320.